The summed E-state index contributed by atoms with van der Waals surface area (Å²) < 4.78 is 0. The van der Waals surface area contributed by atoms with Gasteiger partial charge >= 0.3 is 5.97 Å². The third kappa shape index (κ3) is 2.45. The molecule has 4 atom stereocenters. The molecule has 17 heavy (non-hydrogen) atoms. The molecule has 4 nitrogen and oxygen atoms in total. The van der Waals surface area contributed by atoms with Crippen LogP contribution in [0, 0.1) is 23.7 Å². The summed E-state index contributed by atoms with van der Waals surface area (Å²) in [6, 6.07) is 0. The molecule has 0 spiro atoms. The molecule has 0 aliphatic heterocycles. The van der Waals surface area contributed by atoms with Gasteiger partial charge < -0.3 is 10.0 Å². The molecule has 2 aliphatic carbocycles. The van der Waals surface area contributed by atoms with Crippen LogP contribution in [0.3, 0.4) is 0 Å². The predicted molar refractivity (Wildman–Crippen MR) is 63.4 cm³/mol. The second-order valence-corrected chi connectivity index (χ2v) is 5.74. The molecular weight excluding hydrogens is 218 g/mol. The van der Waals surface area contributed by atoms with Crippen LogP contribution in [0.5, 0.6) is 0 Å². The van der Waals surface area contributed by atoms with E-state index in [4.69, 9.17) is 5.11 Å². The number of hydrogen-bond donors (Lipinski definition) is 1. The molecular formula is C13H21NO3. The summed E-state index contributed by atoms with van der Waals surface area (Å²) in [5.41, 5.74) is 0. The molecule has 0 radical (unpaired) electrons. The maximum Gasteiger partial charge on any atom is 0.308 e. The number of nitrogens with zero attached hydrogens (tertiary/aromatic N) is 1. The highest BCUT2D eigenvalue weighted by molar-refractivity contribution is 5.80. The van der Waals surface area contributed by atoms with E-state index in [1.807, 2.05) is 0 Å². The number of carbonyl (C=O) groups excluding carboxylic acids is 1. The van der Waals surface area contributed by atoms with E-state index in [2.05, 4.69) is 0 Å². The lowest BCUT2D eigenvalue weighted by atomic mass is 9.87. The first-order valence-corrected chi connectivity index (χ1v) is 6.46. The van der Waals surface area contributed by atoms with E-state index in [0.29, 0.717) is 12.5 Å². The number of carbonyl (C=O) groups is 2. The van der Waals surface area contributed by atoms with Crippen LogP contribution in [0.25, 0.3) is 0 Å². The minimum absolute atomic E-state index is 0.158. The Morgan fingerprint density at radius 2 is 2.06 bits per heavy atom. The molecule has 2 bridgehead atoms. The van der Waals surface area contributed by atoms with Gasteiger partial charge in [0.05, 0.1) is 5.92 Å². The van der Waals surface area contributed by atoms with Crippen molar-refractivity contribution in [2.75, 3.05) is 13.6 Å². The zero-order valence-corrected chi connectivity index (χ0v) is 10.6. The van der Waals surface area contributed by atoms with Gasteiger partial charge in [0.2, 0.25) is 5.91 Å². The van der Waals surface area contributed by atoms with E-state index in [0.717, 1.165) is 12.3 Å². The topological polar surface area (TPSA) is 57.6 Å². The summed E-state index contributed by atoms with van der Waals surface area (Å²) in [5.74, 6) is 0.319. The number of carboxylic acid groups (broad SMARTS) is 1. The van der Waals surface area contributed by atoms with E-state index in [1.54, 1.807) is 18.9 Å². The number of aliphatic carboxylic acids is 1. The number of amides is 1. The summed E-state index contributed by atoms with van der Waals surface area (Å²) >= 11 is 0. The van der Waals surface area contributed by atoms with Crippen molar-refractivity contribution >= 4 is 11.9 Å². The van der Waals surface area contributed by atoms with E-state index in [1.165, 1.54) is 19.3 Å². The fourth-order valence-corrected chi connectivity index (χ4v) is 3.41. The lowest BCUT2D eigenvalue weighted by Gasteiger charge is -2.27. The Labute approximate surface area is 102 Å². The quantitative estimate of drug-likeness (QED) is 0.810. The van der Waals surface area contributed by atoms with Gasteiger partial charge in [-0.05, 0) is 31.1 Å². The van der Waals surface area contributed by atoms with Gasteiger partial charge in [0, 0.05) is 19.5 Å². The molecule has 2 rings (SSSR count). The van der Waals surface area contributed by atoms with Gasteiger partial charge in [-0.25, -0.2) is 0 Å². The fourth-order valence-electron chi connectivity index (χ4n) is 3.41. The minimum Gasteiger partial charge on any atom is -0.481 e. The second kappa shape index (κ2) is 4.67. The average molecular weight is 239 g/mol. The van der Waals surface area contributed by atoms with Gasteiger partial charge in [-0.1, -0.05) is 13.3 Å². The average Bonchev–Trinajstić information content (AvgIpc) is 2.89. The summed E-state index contributed by atoms with van der Waals surface area (Å²) in [6.07, 6.45) is 4.70. The van der Waals surface area contributed by atoms with E-state index < -0.39 is 11.9 Å². The number of fused-ring (bicyclic) bond motifs is 2. The predicted octanol–water partition coefficient (Wildman–Crippen LogP) is 1.60. The van der Waals surface area contributed by atoms with E-state index in [-0.39, 0.29) is 11.8 Å². The van der Waals surface area contributed by atoms with Crippen molar-refractivity contribution in [3.8, 4) is 0 Å². The number of rotatable bonds is 4. The highest BCUT2D eigenvalue weighted by Crippen LogP contribution is 2.48. The molecule has 1 N–H and O–H groups in total. The Balaban J connectivity index is 1.89. The van der Waals surface area contributed by atoms with Crippen LogP contribution in [0.2, 0.25) is 0 Å². The van der Waals surface area contributed by atoms with Crippen LogP contribution in [0.15, 0.2) is 0 Å². The monoisotopic (exact) mass is 239 g/mol. The maximum atomic E-state index is 12.2. The van der Waals surface area contributed by atoms with Crippen molar-refractivity contribution in [1.29, 1.82) is 0 Å². The van der Waals surface area contributed by atoms with Gasteiger partial charge in [-0.3, -0.25) is 9.59 Å². The van der Waals surface area contributed by atoms with Crippen LogP contribution in [0.4, 0.5) is 0 Å². The molecule has 4 unspecified atom stereocenters. The van der Waals surface area contributed by atoms with Gasteiger partial charge in [0.25, 0.3) is 0 Å². The van der Waals surface area contributed by atoms with Gasteiger partial charge in [0.15, 0.2) is 0 Å². The van der Waals surface area contributed by atoms with Crippen molar-refractivity contribution in [2.24, 2.45) is 23.7 Å². The van der Waals surface area contributed by atoms with Crippen LogP contribution in [-0.2, 0) is 9.59 Å². The SMILES string of the molecule is CC(CN(C)C(=O)C1CC2CCC1C2)C(=O)O. The lowest BCUT2D eigenvalue weighted by Crippen LogP contribution is -2.39. The molecule has 2 aliphatic rings. The third-order valence-corrected chi connectivity index (χ3v) is 4.40. The molecule has 0 heterocycles. The first-order valence-electron chi connectivity index (χ1n) is 6.46. The van der Waals surface area contributed by atoms with Crippen LogP contribution < -0.4 is 0 Å². The molecule has 0 aromatic rings. The third-order valence-electron chi connectivity index (χ3n) is 4.40. The molecule has 0 saturated heterocycles. The van der Waals surface area contributed by atoms with Gasteiger partial charge in [-0.2, -0.15) is 0 Å². The van der Waals surface area contributed by atoms with Crippen molar-refractivity contribution in [2.45, 2.75) is 32.6 Å². The molecule has 4 heteroatoms. The molecule has 2 saturated carbocycles. The van der Waals surface area contributed by atoms with Crippen LogP contribution in [-0.4, -0.2) is 35.5 Å². The Bertz CT molecular complexity index is 329. The molecule has 1 amide bonds. The maximum absolute atomic E-state index is 12.2. The van der Waals surface area contributed by atoms with Crippen LogP contribution >= 0.6 is 0 Å². The standard InChI is InChI=1S/C13H21NO3/c1-8(13(16)17)7-14(2)12(15)11-6-9-3-4-10(11)5-9/h8-11H,3-7H2,1-2H3,(H,16,17). The first-order chi connectivity index (χ1) is 7.99. The molecule has 0 aromatic heterocycles. The Morgan fingerprint density at radius 3 is 2.53 bits per heavy atom. The van der Waals surface area contributed by atoms with Gasteiger partial charge in [0.1, 0.15) is 0 Å². The van der Waals surface area contributed by atoms with Gasteiger partial charge in [-0.15, -0.1) is 0 Å². The Kier molecular flexibility index (Phi) is 3.40. The smallest absolute Gasteiger partial charge is 0.308 e. The highest BCUT2D eigenvalue weighted by Gasteiger charge is 2.44. The van der Waals surface area contributed by atoms with Crippen molar-refractivity contribution in [3.05, 3.63) is 0 Å². The fraction of sp³-hybridized carbons (Fsp3) is 0.846. The highest BCUT2D eigenvalue weighted by atomic mass is 16.4. The minimum atomic E-state index is -0.836. The molecule has 96 valence electrons. The van der Waals surface area contributed by atoms with E-state index in [9.17, 15) is 9.59 Å². The summed E-state index contributed by atoms with van der Waals surface area (Å²) in [6.45, 7) is 1.97. The lowest BCUT2D eigenvalue weighted by molar-refractivity contribution is -0.143. The summed E-state index contributed by atoms with van der Waals surface area (Å²) in [4.78, 5) is 24.6. The normalized spacial score (nSPS) is 32.5. The summed E-state index contributed by atoms with van der Waals surface area (Å²) in [7, 11) is 1.73. The molecule has 2 fully saturated rings. The largest absolute Gasteiger partial charge is 0.481 e. The molecule has 0 aromatic carbocycles. The first kappa shape index (κ1) is 12.4. The van der Waals surface area contributed by atoms with E-state index >= 15 is 0 Å². The summed E-state index contributed by atoms with van der Waals surface area (Å²) in [5, 5.41) is 8.85. The number of carboxylic acids is 1. The zero-order valence-electron chi connectivity index (χ0n) is 10.6. The van der Waals surface area contributed by atoms with Crippen molar-refractivity contribution in [3.63, 3.8) is 0 Å². The Morgan fingerprint density at radius 1 is 1.35 bits per heavy atom. The Hall–Kier alpha value is -1.06. The number of hydrogen-bond acceptors (Lipinski definition) is 2. The second-order valence-electron chi connectivity index (χ2n) is 5.74. The van der Waals surface area contributed by atoms with Crippen molar-refractivity contribution in [1.82, 2.24) is 4.90 Å². The van der Waals surface area contributed by atoms with Crippen LogP contribution in [0.1, 0.15) is 32.6 Å². The van der Waals surface area contributed by atoms with Crippen molar-refractivity contribution < 1.29 is 14.7 Å². The zero-order chi connectivity index (χ0) is 12.6.